The van der Waals surface area contributed by atoms with Gasteiger partial charge < -0.3 is 4.90 Å². The van der Waals surface area contributed by atoms with Crippen molar-refractivity contribution >= 4 is 5.91 Å². The number of amides is 1. The van der Waals surface area contributed by atoms with Gasteiger partial charge >= 0.3 is 0 Å². The van der Waals surface area contributed by atoms with Crippen molar-refractivity contribution in [1.82, 2.24) is 4.90 Å². The zero-order chi connectivity index (χ0) is 12.8. The lowest BCUT2D eigenvalue weighted by atomic mass is 9.79. The molecule has 0 aromatic heterocycles. The number of nitrogens with zero attached hydrogens (tertiary/aromatic N) is 2. The van der Waals surface area contributed by atoms with Crippen LogP contribution < -0.4 is 0 Å². The minimum atomic E-state index is -0.803. The number of hydrogen-bond donors (Lipinski definition) is 0. The molecule has 0 saturated carbocycles. The molecule has 1 amide bonds. The standard InChI is InChI=1S/C13H24N2O/c1-6-8-13(10-14,9-7-2)12(16)15(5)11(3)4/h11H,6-9H2,1-5H3. The molecule has 0 unspecified atom stereocenters. The molecule has 92 valence electrons. The highest BCUT2D eigenvalue weighted by Gasteiger charge is 2.39. The third-order valence-corrected chi connectivity index (χ3v) is 3.07. The monoisotopic (exact) mass is 224 g/mol. The van der Waals surface area contributed by atoms with Crippen LogP contribution in [0.1, 0.15) is 53.4 Å². The van der Waals surface area contributed by atoms with Gasteiger partial charge in [-0.3, -0.25) is 4.79 Å². The van der Waals surface area contributed by atoms with Gasteiger partial charge in [0, 0.05) is 13.1 Å². The number of hydrogen-bond acceptors (Lipinski definition) is 2. The molecule has 0 fully saturated rings. The van der Waals surface area contributed by atoms with Crippen molar-refractivity contribution in [3.63, 3.8) is 0 Å². The van der Waals surface area contributed by atoms with Crippen molar-refractivity contribution in [3.8, 4) is 6.07 Å². The summed E-state index contributed by atoms with van der Waals surface area (Å²) in [4.78, 5) is 14.0. The quantitative estimate of drug-likeness (QED) is 0.696. The Balaban J connectivity index is 5.02. The Hall–Kier alpha value is -1.04. The van der Waals surface area contributed by atoms with Crippen LogP contribution in [0.5, 0.6) is 0 Å². The molecule has 0 aliphatic carbocycles. The largest absolute Gasteiger partial charge is 0.342 e. The molecule has 0 aliphatic rings. The molecule has 0 aromatic carbocycles. The summed E-state index contributed by atoms with van der Waals surface area (Å²) in [7, 11) is 1.78. The maximum atomic E-state index is 12.3. The summed E-state index contributed by atoms with van der Waals surface area (Å²) in [6, 6.07) is 2.41. The van der Waals surface area contributed by atoms with Crippen molar-refractivity contribution < 1.29 is 4.79 Å². The molecule has 0 heterocycles. The number of rotatable bonds is 6. The molecule has 0 bridgehead atoms. The second-order valence-corrected chi connectivity index (χ2v) is 4.70. The van der Waals surface area contributed by atoms with Gasteiger partial charge in [0.15, 0.2) is 0 Å². The van der Waals surface area contributed by atoms with Crippen LogP contribution in [0.2, 0.25) is 0 Å². The van der Waals surface area contributed by atoms with Gasteiger partial charge in [-0.1, -0.05) is 26.7 Å². The summed E-state index contributed by atoms with van der Waals surface area (Å²) in [5.41, 5.74) is -0.803. The third-order valence-electron chi connectivity index (χ3n) is 3.07. The van der Waals surface area contributed by atoms with E-state index in [4.69, 9.17) is 0 Å². The van der Waals surface area contributed by atoms with Gasteiger partial charge in [0.2, 0.25) is 5.91 Å². The first kappa shape index (κ1) is 15.0. The zero-order valence-corrected chi connectivity index (χ0v) is 11.2. The molecule has 0 atom stereocenters. The third kappa shape index (κ3) is 3.23. The molecule has 0 N–H and O–H groups in total. The smallest absolute Gasteiger partial charge is 0.243 e. The average molecular weight is 224 g/mol. The van der Waals surface area contributed by atoms with Crippen molar-refractivity contribution in [2.24, 2.45) is 5.41 Å². The van der Waals surface area contributed by atoms with E-state index in [0.29, 0.717) is 12.8 Å². The van der Waals surface area contributed by atoms with Crippen molar-refractivity contribution in [2.45, 2.75) is 59.4 Å². The Morgan fingerprint density at radius 1 is 1.31 bits per heavy atom. The van der Waals surface area contributed by atoms with E-state index < -0.39 is 5.41 Å². The van der Waals surface area contributed by atoms with Crippen LogP contribution >= 0.6 is 0 Å². The molecule has 3 nitrogen and oxygen atoms in total. The highest BCUT2D eigenvalue weighted by atomic mass is 16.2. The molecule has 3 heteroatoms. The van der Waals surface area contributed by atoms with E-state index >= 15 is 0 Å². The summed E-state index contributed by atoms with van der Waals surface area (Å²) in [6.45, 7) is 7.98. The fourth-order valence-corrected chi connectivity index (χ4v) is 1.92. The lowest BCUT2D eigenvalue weighted by Gasteiger charge is -2.32. The molecule has 0 radical (unpaired) electrons. The first-order valence-electron chi connectivity index (χ1n) is 6.13. The van der Waals surface area contributed by atoms with Gasteiger partial charge in [-0.2, -0.15) is 5.26 Å². The Morgan fingerprint density at radius 3 is 2.00 bits per heavy atom. The Kier molecular flexibility index (Phi) is 6.10. The van der Waals surface area contributed by atoms with Gasteiger partial charge in [0.1, 0.15) is 5.41 Å². The lowest BCUT2D eigenvalue weighted by molar-refractivity contribution is -0.140. The van der Waals surface area contributed by atoms with Gasteiger partial charge in [-0.15, -0.1) is 0 Å². The van der Waals surface area contributed by atoms with E-state index in [9.17, 15) is 10.1 Å². The zero-order valence-electron chi connectivity index (χ0n) is 11.2. The maximum absolute atomic E-state index is 12.3. The summed E-state index contributed by atoms with van der Waals surface area (Å²) < 4.78 is 0. The van der Waals surface area contributed by atoms with Crippen LogP contribution in [0.4, 0.5) is 0 Å². The van der Waals surface area contributed by atoms with Gasteiger partial charge in [0.05, 0.1) is 6.07 Å². The molecule has 0 aromatic rings. The number of nitriles is 1. The summed E-state index contributed by atoms with van der Waals surface area (Å²) in [5.74, 6) is -0.0197. The van der Waals surface area contributed by atoms with Gasteiger partial charge in [-0.05, 0) is 26.7 Å². The molecule has 16 heavy (non-hydrogen) atoms. The first-order chi connectivity index (χ1) is 7.45. The normalized spacial score (nSPS) is 11.3. The summed E-state index contributed by atoms with van der Waals surface area (Å²) >= 11 is 0. The molecular weight excluding hydrogens is 200 g/mol. The van der Waals surface area contributed by atoms with E-state index in [2.05, 4.69) is 6.07 Å². The van der Waals surface area contributed by atoms with Crippen molar-refractivity contribution in [3.05, 3.63) is 0 Å². The van der Waals surface area contributed by atoms with Crippen LogP contribution in [0.3, 0.4) is 0 Å². The predicted molar refractivity (Wildman–Crippen MR) is 65.8 cm³/mol. The second kappa shape index (κ2) is 6.52. The highest BCUT2D eigenvalue weighted by molar-refractivity contribution is 5.85. The SMILES string of the molecule is CCCC(C#N)(CCC)C(=O)N(C)C(C)C. The van der Waals surface area contributed by atoms with Crippen LogP contribution in [0.15, 0.2) is 0 Å². The van der Waals surface area contributed by atoms with Crippen LogP contribution in [-0.2, 0) is 4.79 Å². The van der Waals surface area contributed by atoms with Crippen molar-refractivity contribution in [1.29, 1.82) is 5.26 Å². The second-order valence-electron chi connectivity index (χ2n) is 4.70. The molecule has 0 saturated heterocycles. The molecule has 0 aliphatic heterocycles. The molecular formula is C13H24N2O. The minimum Gasteiger partial charge on any atom is -0.342 e. The van der Waals surface area contributed by atoms with E-state index in [1.165, 1.54) is 0 Å². The average Bonchev–Trinajstić information content (AvgIpc) is 2.26. The van der Waals surface area contributed by atoms with Gasteiger partial charge in [-0.25, -0.2) is 0 Å². The lowest BCUT2D eigenvalue weighted by Crippen LogP contribution is -2.44. The highest BCUT2D eigenvalue weighted by Crippen LogP contribution is 2.31. The van der Waals surface area contributed by atoms with E-state index in [1.54, 1.807) is 11.9 Å². The van der Waals surface area contributed by atoms with Gasteiger partial charge in [0.25, 0.3) is 0 Å². The maximum Gasteiger partial charge on any atom is 0.243 e. The predicted octanol–water partition coefficient (Wildman–Crippen LogP) is 2.96. The van der Waals surface area contributed by atoms with E-state index in [-0.39, 0.29) is 11.9 Å². The van der Waals surface area contributed by atoms with Crippen molar-refractivity contribution in [2.75, 3.05) is 7.05 Å². The number of carbonyl (C=O) groups is 1. The Labute approximate surface area is 99.4 Å². The Morgan fingerprint density at radius 2 is 1.75 bits per heavy atom. The van der Waals surface area contributed by atoms with E-state index in [1.807, 2.05) is 27.7 Å². The summed E-state index contributed by atoms with van der Waals surface area (Å²) in [6.07, 6.45) is 3.05. The molecule has 0 spiro atoms. The first-order valence-corrected chi connectivity index (χ1v) is 6.13. The fraction of sp³-hybridized carbons (Fsp3) is 0.846. The fourth-order valence-electron chi connectivity index (χ4n) is 1.92. The molecule has 0 rings (SSSR count). The number of carbonyl (C=O) groups excluding carboxylic acids is 1. The summed E-state index contributed by atoms with van der Waals surface area (Å²) in [5, 5.41) is 9.34. The van der Waals surface area contributed by atoms with Crippen LogP contribution in [0, 0.1) is 16.7 Å². The minimum absolute atomic E-state index is 0.0197. The Bertz CT molecular complexity index is 260. The van der Waals surface area contributed by atoms with Crippen LogP contribution in [0.25, 0.3) is 0 Å². The van der Waals surface area contributed by atoms with Crippen LogP contribution in [-0.4, -0.2) is 23.9 Å². The topological polar surface area (TPSA) is 44.1 Å². The van der Waals surface area contributed by atoms with E-state index in [0.717, 1.165) is 12.8 Å².